The van der Waals surface area contributed by atoms with Crippen LogP contribution in [0.5, 0.6) is 0 Å². The molecular formula is C59H75F3N5O11S3+. The molecule has 1 aliphatic carbocycles. The van der Waals surface area contributed by atoms with E-state index in [0.717, 1.165) is 20.9 Å². The van der Waals surface area contributed by atoms with Crippen LogP contribution in [0.2, 0.25) is 0 Å². The number of esters is 1. The summed E-state index contributed by atoms with van der Waals surface area (Å²) in [7, 11) is -15.9. The van der Waals surface area contributed by atoms with Crippen molar-refractivity contribution < 1.29 is 61.9 Å². The summed E-state index contributed by atoms with van der Waals surface area (Å²) >= 11 is 0. The van der Waals surface area contributed by atoms with Gasteiger partial charge in [-0.15, -0.1) is 0 Å². The van der Waals surface area contributed by atoms with E-state index in [2.05, 4.69) is 50.5 Å². The first kappa shape index (κ1) is 63.8. The molecular weight excluding hydrogens is 1110 g/mol. The van der Waals surface area contributed by atoms with Crippen LogP contribution in [0, 0.1) is 5.41 Å². The first-order valence-corrected chi connectivity index (χ1v) is 31.4. The van der Waals surface area contributed by atoms with Crippen LogP contribution in [0.25, 0.3) is 33.4 Å². The average Bonchev–Trinajstić information content (AvgIpc) is 3.53. The van der Waals surface area contributed by atoms with Gasteiger partial charge < -0.3 is 24.5 Å². The lowest BCUT2D eigenvalue weighted by Crippen LogP contribution is -2.40. The largest absolute Gasteiger partial charge is 0.512 e. The number of amides is 1. The Kier molecular flexibility index (Phi) is 20.1. The summed E-state index contributed by atoms with van der Waals surface area (Å²) in [6, 6.07) is 26.2. The molecule has 0 aromatic heterocycles. The van der Waals surface area contributed by atoms with Gasteiger partial charge in [0.2, 0.25) is 21.1 Å². The maximum absolute atomic E-state index is 15.0. The molecule has 0 atom stereocenters. The van der Waals surface area contributed by atoms with Gasteiger partial charge in [-0.25, -0.2) is 30.0 Å². The zero-order chi connectivity index (χ0) is 60.2. The predicted octanol–water partition coefficient (Wildman–Crippen LogP) is 12.4. The van der Waals surface area contributed by atoms with Crippen LogP contribution in [0.3, 0.4) is 0 Å². The molecule has 0 saturated heterocycles. The molecule has 3 N–H and O–H groups in total. The minimum absolute atomic E-state index is 0.0131. The van der Waals surface area contributed by atoms with Gasteiger partial charge in [0.05, 0.1) is 27.8 Å². The third kappa shape index (κ3) is 14.1. The summed E-state index contributed by atoms with van der Waals surface area (Å²) in [6.45, 7) is 24.3. The van der Waals surface area contributed by atoms with E-state index in [1.54, 1.807) is 78.8 Å². The van der Waals surface area contributed by atoms with Gasteiger partial charge in [-0.05, 0) is 98.4 Å². The lowest BCUT2D eigenvalue weighted by atomic mass is 9.91. The minimum atomic E-state index is -6.29. The topological polar surface area (TPSA) is 210 Å². The number of rotatable bonds is 23. The number of carbonyl (C=O) groups excluding carboxylic acids is 2. The fraction of sp³-hybridized carbons (Fsp3) is 0.441. The predicted molar refractivity (Wildman–Crippen MR) is 310 cm³/mol. The number of likely N-dealkylation sites (N-methyl/N-ethyl adjacent to an activating group) is 1. The fourth-order valence-electron chi connectivity index (χ4n) is 9.38. The second kappa shape index (κ2) is 25.4. The third-order valence-corrected chi connectivity index (χ3v) is 19.5. The molecule has 22 heteroatoms. The molecule has 1 amide bonds. The summed E-state index contributed by atoms with van der Waals surface area (Å²) in [5.74, 6) is -0.590. The van der Waals surface area contributed by atoms with E-state index in [1.165, 1.54) is 22.5 Å². The van der Waals surface area contributed by atoms with Crippen molar-refractivity contribution >= 4 is 70.2 Å². The Morgan fingerprint density at radius 1 is 0.704 bits per heavy atom. The SMILES string of the molecule is CCN(CCOC(=O)NCCOC(=O)C(C)(C)CC)S(=O)(=O)c1ccccc1-c1c2ccc(=[N+](CC)c3c(C(C)C)cc(S(=O)(=O)NS(=O)(=O)C(F)(F)F)cc3C(C)C)cc-2oc2cc(Nc3c(C(C)C)cccc3C(C)C)ccc12. The van der Waals surface area contributed by atoms with Gasteiger partial charge in [-0.1, -0.05) is 110 Å². The van der Waals surface area contributed by atoms with Crippen LogP contribution in [0.15, 0.2) is 105 Å². The number of hydrogen-bond donors (Lipinski definition) is 3. The van der Waals surface area contributed by atoms with Crippen LogP contribution in [0.1, 0.15) is 142 Å². The van der Waals surface area contributed by atoms with Crippen LogP contribution >= 0.6 is 0 Å². The summed E-state index contributed by atoms with van der Waals surface area (Å²) < 4.78 is 143. The van der Waals surface area contributed by atoms with Crippen LogP contribution in [-0.4, -0.2) is 86.5 Å². The van der Waals surface area contributed by atoms with E-state index in [0.29, 0.717) is 67.7 Å². The zero-order valence-corrected chi connectivity index (χ0v) is 50.6. The molecule has 0 unspecified atom stereocenters. The van der Waals surface area contributed by atoms with Crippen molar-refractivity contribution in [2.75, 3.05) is 44.7 Å². The van der Waals surface area contributed by atoms with Crippen molar-refractivity contribution in [3.05, 3.63) is 119 Å². The Labute approximate surface area is 474 Å². The number of para-hydroxylation sites is 1. The number of nitrogens with zero attached hydrogens (tertiary/aromatic N) is 2. The number of nitrogens with one attached hydrogen (secondary N) is 3. The van der Waals surface area contributed by atoms with Gasteiger partial charge in [0.25, 0.3) is 10.0 Å². The van der Waals surface area contributed by atoms with Crippen molar-refractivity contribution in [1.29, 1.82) is 0 Å². The number of sulfonamides is 3. The molecule has 4 aromatic rings. The lowest BCUT2D eigenvalue weighted by molar-refractivity contribution is -0.153. The molecule has 16 nitrogen and oxygen atoms in total. The number of hydrogen-bond acceptors (Lipinski definition) is 12. The lowest BCUT2D eigenvalue weighted by Gasteiger charge is -2.24. The van der Waals surface area contributed by atoms with Crippen LogP contribution in [0.4, 0.5) is 35.0 Å². The Hall–Kier alpha value is -6.33. The number of halogens is 3. The van der Waals surface area contributed by atoms with Crippen LogP contribution < -0.4 is 24.7 Å². The number of anilines is 2. The van der Waals surface area contributed by atoms with E-state index < -0.39 is 69.8 Å². The highest BCUT2D eigenvalue weighted by Gasteiger charge is 2.49. The molecule has 1 aliphatic heterocycles. The van der Waals surface area contributed by atoms with Gasteiger partial charge in [0, 0.05) is 69.8 Å². The fourth-order valence-corrected chi connectivity index (χ4v) is 13.5. The van der Waals surface area contributed by atoms with Crippen molar-refractivity contribution in [3.8, 4) is 22.5 Å². The van der Waals surface area contributed by atoms with Gasteiger partial charge >= 0.3 is 27.6 Å². The van der Waals surface area contributed by atoms with Gasteiger partial charge in [-0.3, -0.25) is 4.79 Å². The first-order valence-electron chi connectivity index (χ1n) is 27.0. The minimum Gasteiger partial charge on any atom is -0.463 e. The number of alkyl halides is 3. The number of ether oxygens (including phenoxy) is 2. The highest BCUT2D eigenvalue weighted by atomic mass is 32.3. The van der Waals surface area contributed by atoms with Gasteiger partial charge in [0.1, 0.15) is 31.1 Å². The molecule has 0 radical (unpaired) electrons. The highest BCUT2D eigenvalue weighted by Crippen LogP contribution is 2.45. The van der Waals surface area contributed by atoms with Crippen LogP contribution in [-0.2, 0) is 44.3 Å². The smallest absolute Gasteiger partial charge is 0.463 e. The van der Waals surface area contributed by atoms with E-state index in [9.17, 15) is 48.0 Å². The van der Waals surface area contributed by atoms with E-state index in [-0.39, 0.29) is 56.1 Å². The van der Waals surface area contributed by atoms with E-state index in [4.69, 9.17) is 13.9 Å². The summed E-state index contributed by atoms with van der Waals surface area (Å²) in [5.41, 5.74) is 0.429. The van der Waals surface area contributed by atoms with Crippen molar-refractivity contribution in [3.63, 3.8) is 0 Å². The molecule has 1 heterocycles. The second-order valence-corrected chi connectivity index (χ2v) is 27.1. The first-order chi connectivity index (χ1) is 37.8. The highest BCUT2D eigenvalue weighted by molar-refractivity contribution is 8.05. The molecule has 81 heavy (non-hydrogen) atoms. The third-order valence-electron chi connectivity index (χ3n) is 14.2. The molecule has 0 saturated carbocycles. The number of benzene rings is 5. The van der Waals surface area contributed by atoms with Gasteiger partial charge in [0.15, 0.2) is 0 Å². The Balaban J connectivity index is 1.54. The number of carbonyl (C=O) groups is 2. The quantitative estimate of drug-likeness (QED) is 0.0237. The van der Waals surface area contributed by atoms with Crippen molar-refractivity contribution in [2.24, 2.45) is 5.41 Å². The summed E-state index contributed by atoms with van der Waals surface area (Å²) in [6.07, 6.45) is -0.243. The number of fused-ring (bicyclic) bond motifs is 2. The summed E-state index contributed by atoms with van der Waals surface area (Å²) in [4.78, 5) is 24.3. The molecule has 0 spiro atoms. The van der Waals surface area contributed by atoms with Crippen molar-refractivity contribution in [1.82, 2.24) is 18.3 Å². The Morgan fingerprint density at radius 2 is 1.31 bits per heavy atom. The monoisotopic (exact) mass is 1180 g/mol. The van der Waals surface area contributed by atoms with Crippen molar-refractivity contribution in [2.45, 2.75) is 135 Å². The molecule has 4 aromatic carbocycles. The Morgan fingerprint density at radius 3 is 1.86 bits per heavy atom. The second-order valence-electron chi connectivity index (χ2n) is 21.6. The standard InChI is InChI=1S/C59H74F3N5O11S3/c1-14-58(12,13)56(68)76-30-28-63-57(69)77-31-29-66(15-2)80(72,73)52-23-18-17-20-47(52)53-45-26-24-40(64-54-43(36(4)5)21-19-22-44(54)37(6)7)32-50(45)78-51-33-41(25-27-46(51)53)67(16-3)55-48(38(8)9)34-42(35-49(55)39(10)11)79(70,71)65-81(74,75)59(60,61)62/h17-27,32-39,65H,14-16,28-31H2,1-13H3,(H,63,69)/p+1. The summed E-state index contributed by atoms with van der Waals surface area (Å²) in [5, 5.41) is 7.34. The zero-order valence-electron chi connectivity index (χ0n) is 48.2. The number of alkyl carbamates (subject to hydrolysis) is 1. The maximum atomic E-state index is 15.0. The van der Waals surface area contributed by atoms with Gasteiger partial charge in [-0.2, -0.15) is 22.1 Å². The molecule has 0 bridgehead atoms. The Bertz CT molecular complexity index is 3630. The molecule has 440 valence electrons. The average molecular weight is 1180 g/mol. The molecule has 6 rings (SSSR count). The normalized spacial score (nSPS) is 13.2. The molecule has 0 fully saturated rings. The van der Waals surface area contributed by atoms with E-state index >= 15 is 0 Å². The molecule has 2 aliphatic rings. The van der Waals surface area contributed by atoms with E-state index in [1.807, 2.05) is 48.8 Å². The maximum Gasteiger partial charge on any atom is 0.512 e.